The van der Waals surface area contributed by atoms with E-state index in [1.807, 2.05) is 6.20 Å². The number of rotatable bonds is 5. The summed E-state index contributed by atoms with van der Waals surface area (Å²) in [5.41, 5.74) is 1.30. The van der Waals surface area contributed by atoms with E-state index in [-0.39, 0.29) is 5.54 Å². The topological polar surface area (TPSA) is 37.4 Å². The monoisotopic (exact) mass is 355 g/mol. The zero-order valence-corrected chi connectivity index (χ0v) is 15.0. The van der Waals surface area contributed by atoms with Gasteiger partial charge in [-0.3, -0.25) is 0 Å². The van der Waals surface area contributed by atoms with Crippen LogP contribution in [0.5, 0.6) is 0 Å². The summed E-state index contributed by atoms with van der Waals surface area (Å²) in [5.74, 6) is 1.03. The summed E-state index contributed by atoms with van der Waals surface area (Å²) in [5, 5.41) is 3.54. The van der Waals surface area contributed by atoms with Crippen molar-refractivity contribution >= 4 is 21.7 Å². The molecule has 21 heavy (non-hydrogen) atoms. The molecule has 1 saturated heterocycles. The fraction of sp³-hybridized carbons (Fsp3) is 0.688. The first-order valence-corrected chi connectivity index (χ1v) is 8.36. The van der Waals surface area contributed by atoms with Crippen LogP contribution in [0.2, 0.25) is 0 Å². The average Bonchev–Trinajstić information content (AvgIpc) is 2.88. The molecule has 1 unspecified atom stereocenters. The van der Waals surface area contributed by atoms with Crippen LogP contribution in [0.4, 0.5) is 5.82 Å². The van der Waals surface area contributed by atoms with Crippen LogP contribution >= 0.6 is 15.9 Å². The van der Waals surface area contributed by atoms with Crippen molar-refractivity contribution in [2.24, 2.45) is 0 Å². The Morgan fingerprint density at radius 2 is 2.24 bits per heavy atom. The summed E-state index contributed by atoms with van der Waals surface area (Å²) in [6.07, 6.45) is 4.52. The van der Waals surface area contributed by atoms with Crippen molar-refractivity contribution in [1.29, 1.82) is 0 Å². The third-order valence-corrected chi connectivity index (χ3v) is 4.02. The summed E-state index contributed by atoms with van der Waals surface area (Å²) >= 11 is 3.52. The van der Waals surface area contributed by atoms with Crippen LogP contribution in [0.3, 0.4) is 0 Å². The smallest absolute Gasteiger partial charge is 0.132 e. The third-order valence-electron chi connectivity index (χ3n) is 3.58. The van der Waals surface area contributed by atoms with E-state index in [4.69, 9.17) is 4.74 Å². The van der Waals surface area contributed by atoms with Gasteiger partial charge in [-0.2, -0.15) is 0 Å². The Labute approximate surface area is 136 Å². The molecule has 2 heterocycles. The van der Waals surface area contributed by atoms with Crippen molar-refractivity contribution in [3.63, 3.8) is 0 Å². The van der Waals surface area contributed by atoms with Gasteiger partial charge in [-0.05, 0) is 55.6 Å². The van der Waals surface area contributed by atoms with E-state index >= 15 is 0 Å². The first-order valence-electron chi connectivity index (χ1n) is 7.57. The Balaban J connectivity index is 2.09. The molecule has 2 rings (SSSR count). The van der Waals surface area contributed by atoms with Gasteiger partial charge in [-0.1, -0.05) is 0 Å². The molecule has 1 N–H and O–H groups in total. The minimum absolute atomic E-state index is 0.0900. The van der Waals surface area contributed by atoms with Gasteiger partial charge in [0.05, 0.1) is 6.10 Å². The molecule has 0 aliphatic carbocycles. The molecular weight excluding hydrogens is 330 g/mol. The highest BCUT2D eigenvalue weighted by molar-refractivity contribution is 9.10. The van der Waals surface area contributed by atoms with Crippen LogP contribution in [0.25, 0.3) is 0 Å². The number of anilines is 1. The van der Waals surface area contributed by atoms with E-state index in [0.29, 0.717) is 6.10 Å². The third kappa shape index (κ3) is 5.24. The molecule has 0 radical (unpaired) electrons. The quantitative estimate of drug-likeness (QED) is 0.878. The van der Waals surface area contributed by atoms with Crippen molar-refractivity contribution < 1.29 is 4.74 Å². The predicted molar refractivity (Wildman–Crippen MR) is 90.8 cm³/mol. The first kappa shape index (κ1) is 16.7. The molecule has 0 bridgehead atoms. The van der Waals surface area contributed by atoms with Crippen molar-refractivity contribution in [3.8, 4) is 0 Å². The summed E-state index contributed by atoms with van der Waals surface area (Å²) in [4.78, 5) is 6.81. The number of nitrogens with one attached hydrogen (secondary N) is 1. The molecule has 0 saturated carbocycles. The van der Waals surface area contributed by atoms with E-state index < -0.39 is 0 Å². The summed E-state index contributed by atoms with van der Waals surface area (Å²) < 4.78 is 6.74. The number of aromatic nitrogens is 1. The van der Waals surface area contributed by atoms with E-state index in [1.54, 1.807) is 0 Å². The summed E-state index contributed by atoms with van der Waals surface area (Å²) in [6.45, 7) is 9.12. The van der Waals surface area contributed by atoms with E-state index in [2.05, 4.69) is 65.0 Å². The Morgan fingerprint density at radius 1 is 1.48 bits per heavy atom. The molecule has 1 aliphatic rings. The molecular formula is C16H26BrN3O. The van der Waals surface area contributed by atoms with Gasteiger partial charge in [0.1, 0.15) is 5.82 Å². The Bertz CT molecular complexity index is 467. The maximum absolute atomic E-state index is 5.73. The second kappa shape index (κ2) is 7.07. The Kier molecular flexibility index (Phi) is 5.63. The molecule has 4 nitrogen and oxygen atoms in total. The number of pyridine rings is 1. The molecule has 0 amide bonds. The van der Waals surface area contributed by atoms with Gasteiger partial charge >= 0.3 is 0 Å². The lowest BCUT2D eigenvalue weighted by Crippen LogP contribution is -2.36. The molecule has 1 fully saturated rings. The van der Waals surface area contributed by atoms with Crippen molar-refractivity contribution in [2.45, 2.75) is 51.8 Å². The molecule has 0 aromatic carbocycles. The van der Waals surface area contributed by atoms with Gasteiger partial charge in [0, 0.05) is 48.5 Å². The number of ether oxygens (including phenoxy) is 1. The normalized spacial score (nSPS) is 19.0. The zero-order chi connectivity index (χ0) is 15.5. The SMILES string of the molecule is CN(CC1CCCO1)c1ncc(Br)cc1CNC(C)(C)C. The fourth-order valence-electron chi connectivity index (χ4n) is 2.49. The maximum Gasteiger partial charge on any atom is 0.132 e. The minimum Gasteiger partial charge on any atom is -0.376 e. The van der Waals surface area contributed by atoms with Crippen LogP contribution in [-0.2, 0) is 11.3 Å². The van der Waals surface area contributed by atoms with Crippen molar-refractivity contribution in [1.82, 2.24) is 10.3 Å². The van der Waals surface area contributed by atoms with Crippen LogP contribution in [0, 0.1) is 0 Å². The van der Waals surface area contributed by atoms with Crippen LogP contribution in [0.1, 0.15) is 39.2 Å². The highest BCUT2D eigenvalue weighted by atomic mass is 79.9. The largest absolute Gasteiger partial charge is 0.376 e. The lowest BCUT2D eigenvalue weighted by molar-refractivity contribution is 0.116. The standard InChI is InChI=1S/C16H26BrN3O/c1-16(2,3)19-9-12-8-13(17)10-18-15(12)20(4)11-14-6-5-7-21-14/h8,10,14,19H,5-7,9,11H2,1-4H3. The van der Waals surface area contributed by atoms with Gasteiger partial charge in [0.15, 0.2) is 0 Å². The molecule has 5 heteroatoms. The summed E-state index contributed by atoms with van der Waals surface area (Å²) in [7, 11) is 2.10. The predicted octanol–water partition coefficient (Wildman–Crippen LogP) is 3.35. The zero-order valence-electron chi connectivity index (χ0n) is 13.4. The van der Waals surface area contributed by atoms with Crippen LogP contribution < -0.4 is 10.2 Å². The average molecular weight is 356 g/mol. The number of likely N-dealkylation sites (N-methyl/N-ethyl adjacent to an activating group) is 1. The van der Waals surface area contributed by atoms with Crippen LogP contribution in [0.15, 0.2) is 16.7 Å². The summed E-state index contributed by atoms with van der Waals surface area (Å²) in [6, 6.07) is 2.15. The van der Waals surface area contributed by atoms with Crippen molar-refractivity contribution in [2.75, 3.05) is 25.1 Å². The van der Waals surface area contributed by atoms with Gasteiger partial charge in [0.2, 0.25) is 0 Å². The number of halogens is 1. The molecule has 1 aliphatic heterocycles. The van der Waals surface area contributed by atoms with Gasteiger partial charge in [-0.25, -0.2) is 4.98 Å². The first-order chi connectivity index (χ1) is 9.85. The van der Waals surface area contributed by atoms with E-state index in [1.165, 1.54) is 12.0 Å². The van der Waals surface area contributed by atoms with E-state index in [9.17, 15) is 0 Å². The second-order valence-corrected chi connectivity index (χ2v) is 7.67. The maximum atomic E-state index is 5.73. The van der Waals surface area contributed by atoms with E-state index in [0.717, 1.165) is 36.4 Å². The van der Waals surface area contributed by atoms with Gasteiger partial charge < -0.3 is 15.0 Å². The number of hydrogen-bond donors (Lipinski definition) is 1. The van der Waals surface area contributed by atoms with Gasteiger partial charge in [-0.15, -0.1) is 0 Å². The van der Waals surface area contributed by atoms with Crippen LogP contribution in [-0.4, -0.2) is 36.8 Å². The highest BCUT2D eigenvalue weighted by Crippen LogP contribution is 2.23. The van der Waals surface area contributed by atoms with Crippen molar-refractivity contribution in [3.05, 3.63) is 22.3 Å². The second-order valence-electron chi connectivity index (χ2n) is 6.76. The molecule has 1 aromatic rings. The number of hydrogen-bond acceptors (Lipinski definition) is 4. The molecule has 0 spiro atoms. The molecule has 1 atom stereocenters. The minimum atomic E-state index is 0.0900. The molecule has 1 aromatic heterocycles. The Hall–Kier alpha value is -0.650. The molecule has 118 valence electrons. The Morgan fingerprint density at radius 3 is 2.86 bits per heavy atom. The lowest BCUT2D eigenvalue weighted by Gasteiger charge is -2.26. The van der Waals surface area contributed by atoms with Gasteiger partial charge in [0.25, 0.3) is 0 Å². The fourth-order valence-corrected chi connectivity index (χ4v) is 2.87. The highest BCUT2D eigenvalue weighted by Gasteiger charge is 2.20. The lowest BCUT2D eigenvalue weighted by atomic mass is 10.1. The number of nitrogens with zero attached hydrogens (tertiary/aromatic N) is 2.